The van der Waals surface area contributed by atoms with Crippen molar-refractivity contribution < 1.29 is 18.6 Å². The molecule has 1 heterocycles. The molecule has 0 radical (unpaired) electrons. The van der Waals surface area contributed by atoms with E-state index in [4.69, 9.17) is 9.26 Å². The first-order chi connectivity index (χ1) is 16.7. The number of hydrogen-bond donors (Lipinski definition) is 0. The molecule has 4 rings (SSSR count). The minimum absolute atomic E-state index is 0.154. The van der Waals surface area contributed by atoms with Crippen molar-refractivity contribution in [2.24, 2.45) is 24.8 Å². The molecule has 1 fully saturated rings. The Morgan fingerprint density at radius 3 is 2.49 bits per heavy atom. The second-order valence-corrected chi connectivity index (χ2v) is 12.6. The number of hydrogen-bond acceptors (Lipinski definition) is 4. The third kappa shape index (κ3) is 4.73. The molecule has 0 amide bonds. The van der Waals surface area contributed by atoms with Crippen molar-refractivity contribution in [3.63, 3.8) is 0 Å². The SMILES string of the molecule is CCOC(=O)c1c(P(=O)(O[C@@H]2C[C@@H](C)CC[C@H]2C(C)C)c2ccccc2)c2c(C)cccc2n1C. The smallest absolute Gasteiger partial charge is 0.355 e. The number of esters is 1. The lowest BCUT2D eigenvalue weighted by molar-refractivity contribution is 0.0495. The Morgan fingerprint density at radius 2 is 1.83 bits per heavy atom. The van der Waals surface area contributed by atoms with Gasteiger partial charge in [0.2, 0.25) is 0 Å². The quantitative estimate of drug-likeness (QED) is 0.282. The average molecular weight is 496 g/mol. The van der Waals surface area contributed by atoms with Crippen LogP contribution in [-0.4, -0.2) is 23.2 Å². The third-order valence-electron chi connectivity index (χ3n) is 7.51. The van der Waals surface area contributed by atoms with E-state index in [0.29, 0.717) is 34.1 Å². The maximum absolute atomic E-state index is 15.4. The Kier molecular flexibility index (Phi) is 7.59. The first-order valence-electron chi connectivity index (χ1n) is 12.8. The van der Waals surface area contributed by atoms with Gasteiger partial charge in [-0.25, -0.2) is 4.79 Å². The van der Waals surface area contributed by atoms with Crippen LogP contribution in [0, 0.1) is 24.7 Å². The highest BCUT2D eigenvalue weighted by atomic mass is 31.2. The standard InChI is InChI=1S/C29H38NO4P/c1-7-33-29(31)27-28(26-21(5)12-11-15-24(26)30(27)6)35(32,22-13-9-8-10-14-22)34-25-18-20(4)16-17-23(25)19(2)3/h8-15,19-20,23,25H,7,16-18H2,1-6H3/t20-,23-,25+,35?/m0/s1. The predicted molar refractivity (Wildman–Crippen MR) is 143 cm³/mol. The Hall–Kier alpha value is -2.36. The summed E-state index contributed by atoms with van der Waals surface area (Å²) in [6.45, 7) is 10.7. The Labute approximate surface area is 209 Å². The predicted octanol–water partition coefficient (Wildman–Crippen LogP) is 6.37. The van der Waals surface area contributed by atoms with Gasteiger partial charge in [0, 0.05) is 23.3 Å². The van der Waals surface area contributed by atoms with E-state index >= 15 is 4.57 Å². The number of nitrogens with zero attached hydrogens (tertiary/aromatic N) is 1. The molecule has 1 aromatic heterocycles. The first kappa shape index (κ1) is 25.7. The summed E-state index contributed by atoms with van der Waals surface area (Å²) in [5, 5.41) is 1.90. The molecule has 1 aliphatic carbocycles. The van der Waals surface area contributed by atoms with E-state index < -0.39 is 13.3 Å². The molecule has 4 atom stereocenters. The van der Waals surface area contributed by atoms with Gasteiger partial charge in [-0.1, -0.05) is 57.5 Å². The molecule has 5 nitrogen and oxygen atoms in total. The van der Waals surface area contributed by atoms with Gasteiger partial charge in [-0.2, -0.15) is 0 Å². The molecule has 0 N–H and O–H groups in total. The van der Waals surface area contributed by atoms with E-state index in [1.807, 2.05) is 67.1 Å². The highest BCUT2D eigenvalue weighted by Gasteiger charge is 2.43. The normalized spacial score (nSPS) is 22.3. The molecule has 0 bridgehead atoms. The summed E-state index contributed by atoms with van der Waals surface area (Å²) in [5.41, 5.74) is 2.12. The number of ether oxygens (including phenoxy) is 1. The number of benzene rings is 2. The Balaban J connectivity index is 2.01. The van der Waals surface area contributed by atoms with Crippen LogP contribution >= 0.6 is 7.37 Å². The molecule has 188 valence electrons. The van der Waals surface area contributed by atoms with Crippen molar-refractivity contribution >= 4 is 34.9 Å². The number of carbonyl (C=O) groups excluding carboxylic acids is 1. The lowest BCUT2D eigenvalue weighted by Gasteiger charge is -2.39. The number of aromatic nitrogens is 1. The zero-order valence-corrected chi connectivity index (χ0v) is 22.7. The first-order valence-corrected chi connectivity index (χ1v) is 14.4. The van der Waals surface area contributed by atoms with E-state index in [0.717, 1.165) is 35.7 Å². The summed E-state index contributed by atoms with van der Waals surface area (Å²) in [6.07, 6.45) is 2.91. The molecule has 1 aliphatic rings. The molecule has 0 aliphatic heterocycles. The van der Waals surface area contributed by atoms with E-state index in [1.165, 1.54) is 0 Å². The number of carbonyl (C=O) groups is 1. The van der Waals surface area contributed by atoms with Crippen LogP contribution < -0.4 is 10.6 Å². The molecule has 35 heavy (non-hydrogen) atoms. The zero-order chi connectivity index (χ0) is 25.3. The second-order valence-electron chi connectivity index (χ2n) is 10.3. The zero-order valence-electron chi connectivity index (χ0n) is 21.8. The van der Waals surface area contributed by atoms with E-state index in [-0.39, 0.29) is 12.7 Å². The minimum Gasteiger partial charge on any atom is -0.461 e. The van der Waals surface area contributed by atoms with E-state index in [9.17, 15) is 4.79 Å². The molecule has 0 saturated heterocycles. The van der Waals surface area contributed by atoms with E-state index in [1.54, 1.807) is 6.92 Å². The summed E-state index contributed by atoms with van der Waals surface area (Å²) >= 11 is 0. The van der Waals surface area contributed by atoms with Crippen molar-refractivity contribution in [1.29, 1.82) is 0 Å². The van der Waals surface area contributed by atoms with Gasteiger partial charge < -0.3 is 13.8 Å². The molecular formula is C29H38NO4P. The summed E-state index contributed by atoms with van der Waals surface area (Å²) in [6, 6.07) is 15.3. The van der Waals surface area contributed by atoms with Gasteiger partial charge in [0.15, 0.2) is 0 Å². The van der Waals surface area contributed by atoms with Crippen LogP contribution in [0.3, 0.4) is 0 Å². The topological polar surface area (TPSA) is 57.5 Å². The highest BCUT2D eigenvalue weighted by molar-refractivity contribution is 7.75. The monoisotopic (exact) mass is 495 g/mol. The molecule has 6 heteroatoms. The van der Waals surface area contributed by atoms with Gasteiger partial charge in [-0.05, 0) is 68.2 Å². The van der Waals surface area contributed by atoms with Crippen molar-refractivity contribution in [1.82, 2.24) is 4.57 Å². The van der Waals surface area contributed by atoms with Crippen molar-refractivity contribution in [3.05, 3.63) is 59.8 Å². The molecule has 2 aromatic carbocycles. The fourth-order valence-electron chi connectivity index (χ4n) is 5.65. The van der Waals surface area contributed by atoms with Gasteiger partial charge in [0.25, 0.3) is 7.37 Å². The second kappa shape index (κ2) is 10.3. The van der Waals surface area contributed by atoms with Crippen molar-refractivity contribution in [3.8, 4) is 0 Å². The van der Waals surface area contributed by atoms with Gasteiger partial charge in [0.1, 0.15) is 5.69 Å². The van der Waals surface area contributed by atoms with Gasteiger partial charge >= 0.3 is 5.97 Å². The fourth-order valence-corrected chi connectivity index (χ4v) is 8.43. The summed E-state index contributed by atoms with van der Waals surface area (Å²) in [4.78, 5) is 13.3. The Morgan fingerprint density at radius 1 is 1.11 bits per heavy atom. The molecular weight excluding hydrogens is 457 g/mol. The minimum atomic E-state index is -3.68. The van der Waals surface area contributed by atoms with Crippen LogP contribution in [0.15, 0.2) is 48.5 Å². The Bertz CT molecular complexity index is 1250. The van der Waals surface area contributed by atoms with Gasteiger partial charge in [-0.15, -0.1) is 0 Å². The molecule has 0 spiro atoms. The van der Waals surface area contributed by atoms with Crippen LogP contribution in [0.1, 0.15) is 63.0 Å². The lowest BCUT2D eigenvalue weighted by Crippen LogP contribution is -2.36. The van der Waals surface area contributed by atoms with Crippen LogP contribution in [0.5, 0.6) is 0 Å². The average Bonchev–Trinajstić information content (AvgIpc) is 3.14. The molecule has 1 saturated carbocycles. The number of fused-ring (bicyclic) bond motifs is 1. The maximum Gasteiger partial charge on any atom is 0.355 e. The number of rotatable bonds is 7. The van der Waals surface area contributed by atoms with Crippen LogP contribution in [-0.2, 0) is 20.9 Å². The van der Waals surface area contributed by atoms with Gasteiger partial charge in [0.05, 0.1) is 18.0 Å². The van der Waals surface area contributed by atoms with Crippen LogP contribution in [0.4, 0.5) is 0 Å². The summed E-state index contributed by atoms with van der Waals surface area (Å²) in [5.74, 6) is 0.747. The third-order valence-corrected chi connectivity index (χ3v) is 10.1. The van der Waals surface area contributed by atoms with Crippen molar-refractivity contribution in [2.45, 2.75) is 60.0 Å². The van der Waals surface area contributed by atoms with Crippen molar-refractivity contribution in [2.75, 3.05) is 6.61 Å². The highest BCUT2D eigenvalue weighted by Crippen LogP contribution is 2.53. The van der Waals surface area contributed by atoms with E-state index in [2.05, 4.69) is 20.8 Å². The van der Waals surface area contributed by atoms with Crippen LogP contribution in [0.25, 0.3) is 10.9 Å². The summed E-state index contributed by atoms with van der Waals surface area (Å²) in [7, 11) is -1.84. The lowest BCUT2D eigenvalue weighted by atomic mass is 9.75. The molecule has 1 unspecified atom stereocenters. The fraction of sp³-hybridized carbons (Fsp3) is 0.483. The molecule has 3 aromatic rings. The largest absolute Gasteiger partial charge is 0.461 e. The number of aryl methyl sites for hydroxylation is 2. The van der Waals surface area contributed by atoms with Crippen LogP contribution in [0.2, 0.25) is 0 Å². The van der Waals surface area contributed by atoms with Gasteiger partial charge in [-0.3, -0.25) is 4.57 Å². The summed E-state index contributed by atoms with van der Waals surface area (Å²) < 4.78 is 29.6. The maximum atomic E-state index is 15.4.